The number of ether oxygens (including phenoxy) is 1. The lowest BCUT2D eigenvalue weighted by Crippen LogP contribution is -2.29. The van der Waals surface area contributed by atoms with E-state index < -0.39 is 0 Å². The summed E-state index contributed by atoms with van der Waals surface area (Å²) in [7, 11) is 0. The number of nitrogens with one attached hydrogen (secondary N) is 2. The highest BCUT2D eigenvalue weighted by Gasteiger charge is 2.06. The summed E-state index contributed by atoms with van der Waals surface area (Å²) in [5.41, 5.74) is 1.15. The van der Waals surface area contributed by atoms with Crippen molar-refractivity contribution in [2.45, 2.75) is 26.4 Å². The Morgan fingerprint density at radius 2 is 1.44 bits per heavy atom. The van der Waals surface area contributed by atoms with Crippen LogP contribution in [0.5, 0.6) is 5.75 Å². The van der Waals surface area contributed by atoms with Gasteiger partial charge in [0.15, 0.2) is 0 Å². The Kier molecular flexibility index (Phi) is 6.95. The number of amides is 2. The molecule has 132 valence electrons. The summed E-state index contributed by atoms with van der Waals surface area (Å²) >= 11 is 0. The van der Waals surface area contributed by atoms with Crippen molar-refractivity contribution in [3.63, 3.8) is 0 Å². The molecule has 2 aromatic rings. The lowest BCUT2D eigenvalue weighted by atomic mass is 10.2. The van der Waals surface area contributed by atoms with Crippen LogP contribution in [-0.2, 0) is 0 Å². The summed E-state index contributed by atoms with van der Waals surface area (Å²) in [5, 5.41) is 5.64. The van der Waals surface area contributed by atoms with Gasteiger partial charge in [0, 0.05) is 36.6 Å². The molecule has 6 nitrogen and oxygen atoms in total. The summed E-state index contributed by atoms with van der Waals surface area (Å²) < 4.78 is 5.55. The third-order valence-electron chi connectivity index (χ3n) is 3.36. The maximum absolute atomic E-state index is 12.1. The highest BCUT2D eigenvalue weighted by atomic mass is 16.5. The van der Waals surface area contributed by atoms with Gasteiger partial charge in [-0.1, -0.05) is 0 Å². The topological polar surface area (TPSA) is 80.3 Å². The second-order valence-electron chi connectivity index (χ2n) is 5.79. The molecule has 0 saturated heterocycles. The van der Waals surface area contributed by atoms with Crippen molar-refractivity contribution < 1.29 is 14.3 Å². The zero-order chi connectivity index (χ0) is 18.1. The Morgan fingerprint density at radius 3 is 1.96 bits per heavy atom. The average molecular weight is 341 g/mol. The molecule has 0 radical (unpaired) electrons. The number of carbonyl (C=O) groups excluding carboxylic acids is 2. The molecule has 0 unspecified atom stereocenters. The van der Waals surface area contributed by atoms with Crippen LogP contribution in [0.15, 0.2) is 48.8 Å². The van der Waals surface area contributed by atoms with Crippen LogP contribution >= 0.6 is 0 Å². The molecule has 0 spiro atoms. The van der Waals surface area contributed by atoms with Gasteiger partial charge in [-0.15, -0.1) is 0 Å². The first kappa shape index (κ1) is 18.4. The van der Waals surface area contributed by atoms with Crippen molar-refractivity contribution in [3.05, 3.63) is 59.9 Å². The predicted octanol–water partition coefficient (Wildman–Crippen LogP) is 2.42. The zero-order valence-corrected chi connectivity index (χ0v) is 14.5. The van der Waals surface area contributed by atoms with Gasteiger partial charge in [-0.3, -0.25) is 14.6 Å². The van der Waals surface area contributed by atoms with Gasteiger partial charge in [0.1, 0.15) is 5.75 Å². The molecular formula is C19H23N3O3. The van der Waals surface area contributed by atoms with Crippen LogP contribution in [0, 0.1) is 0 Å². The van der Waals surface area contributed by atoms with Crippen LogP contribution in [0.4, 0.5) is 0 Å². The molecule has 0 atom stereocenters. The van der Waals surface area contributed by atoms with Gasteiger partial charge in [-0.2, -0.15) is 0 Å². The van der Waals surface area contributed by atoms with Gasteiger partial charge >= 0.3 is 0 Å². The molecule has 0 aliphatic carbocycles. The molecule has 25 heavy (non-hydrogen) atoms. The van der Waals surface area contributed by atoms with Crippen LogP contribution in [0.2, 0.25) is 0 Å². The molecule has 2 N–H and O–H groups in total. The monoisotopic (exact) mass is 341 g/mol. The number of carbonyl (C=O) groups is 2. The second-order valence-corrected chi connectivity index (χ2v) is 5.79. The van der Waals surface area contributed by atoms with Crippen molar-refractivity contribution in [1.82, 2.24) is 15.6 Å². The van der Waals surface area contributed by atoms with E-state index in [2.05, 4.69) is 15.6 Å². The second kappa shape index (κ2) is 9.42. The van der Waals surface area contributed by atoms with E-state index in [1.807, 2.05) is 13.8 Å². The molecule has 1 aromatic carbocycles. The molecule has 6 heteroatoms. The first-order valence-electron chi connectivity index (χ1n) is 8.29. The fourth-order valence-corrected chi connectivity index (χ4v) is 2.16. The summed E-state index contributed by atoms with van der Waals surface area (Å²) in [6.07, 6.45) is 3.90. The maximum Gasteiger partial charge on any atom is 0.251 e. The largest absolute Gasteiger partial charge is 0.491 e. The minimum absolute atomic E-state index is 0.0991. The van der Waals surface area contributed by atoms with Crippen LogP contribution < -0.4 is 15.4 Å². The Balaban J connectivity index is 1.67. The van der Waals surface area contributed by atoms with E-state index in [0.29, 0.717) is 30.6 Å². The summed E-state index contributed by atoms with van der Waals surface area (Å²) in [4.78, 5) is 27.8. The van der Waals surface area contributed by atoms with Crippen LogP contribution in [0.25, 0.3) is 0 Å². The lowest BCUT2D eigenvalue weighted by molar-refractivity contribution is 0.0951. The van der Waals surface area contributed by atoms with Crippen molar-refractivity contribution in [2.24, 2.45) is 0 Å². The molecule has 2 amide bonds. The van der Waals surface area contributed by atoms with Gasteiger partial charge < -0.3 is 15.4 Å². The SMILES string of the molecule is CC(C)Oc1ccc(C(=O)NCCCNC(=O)c2ccncc2)cc1. The number of benzene rings is 1. The lowest BCUT2D eigenvalue weighted by Gasteiger charge is -2.10. The zero-order valence-electron chi connectivity index (χ0n) is 14.5. The Bertz CT molecular complexity index is 685. The number of nitrogens with zero attached hydrogens (tertiary/aromatic N) is 1. The first-order valence-corrected chi connectivity index (χ1v) is 8.29. The molecular weight excluding hydrogens is 318 g/mol. The number of rotatable bonds is 8. The Morgan fingerprint density at radius 1 is 0.920 bits per heavy atom. The highest BCUT2D eigenvalue weighted by molar-refractivity contribution is 5.94. The van der Waals surface area contributed by atoms with Gasteiger partial charge in [-0.05, 0) is 56.7 Å². The molecule has 1 heterocycles. The summed E-state index contributed by atoms with van der Waals surface area (Å²) in [6, 6.07) is 10.3. The van der Waals surface area contributed by atoms with E-state index in [0.717, 1.165) is 5.75 Å². The van der Waals surface area contributed by atoms with Gasteiger partial charge in [0.25, 0.3) is 11.8 Å². The van der Waals surface area contributed by atoms with E-state index in [4.69, 9.17) is 4.74 Å². The molecule has 0 fully saturated rings. The first-order chi connectivity index (χ1) is 12.1. The van der Waals surface area contributed by atoms with Crippen molar-refractivity contribution in [1.29, 1.82) is 0 Å². The van der Waals surface area contributed by atoms with Gasteiger partial charge in [0.05, 0.1) is 6.10 Å². The van der Waals surface area contributed by atoms with Crippen molar-refractivity contribution in [2.75, 3.05) is 13.1 Å². The third kappa shape index (κ3) is 6.25. The predicted molar refractivity (Wildman–Crippen MR) is 95.7 cm³/mol. The van der Waals surface area contributed by atoms with Gasteiger partial charge in [-0.25, -0.2) is 0 Å². The third-order valence-corrected chi connectivity index (χ3v) is 3.36. The fraction of sp³-hybridized carbons (Fsp3) is 0.316. The molecule has 0 aliphatic rings. The standard InChI is InChI=1S/C19H23N3O3/c1-14(2)25-17-6-4-15(5-7-17)18(23)21-10-3-11-22-19(24)16-8-12-20-13-9-16/h4-9,12-14H,3,10-11H2,1-2H3,(H,21,23)(H,22,24). The molecule has 1 aromatic heterocycles. The molecule has 0 saturated carbocycles. The number of aromatic nitrogens is 1. The van der Waals surface area contributed by atoms with E-state index in [-0.39, 0.29) is 17.9 Å². The summed E-state index contributed by atoms with van der Waals surface area (Å²) in [6.45, 7) is 4.88. The van der Waals surface area contributed by atoms with E-state index in [1.54, 1.807) is 48.8 Å². The molecule has 0 bridgehead atoms. The molecule has 2 rings (SSSR count). The Hall–Kier alpha value is -2.89. The van der Waals surface area contributed by atoms with Crippen molar-refractivity contribution in [3.8, 4) is 5.75 Å². The highest BCUT2D eigenvalue weighted by Crippen LogP contribution is 2.13. The molecule has 0 aliphatic heterocycles. The van der Waals surface area contributed by atoms with E-state index in [9.17, 15) is 9.59 Å². The van der Waals surface area contributed by atoms with E-state index >= 15 is 0 Å². The normalized spacial score (nSPS) is 10.4. The van der Waals surface area contributed by atoms with Crippen molar-refractivity contribution >= 4 is 11.8 Å². The van der Waals surface area contributed by atoms with Crippen LogP contribution in [0.1, 0.15) is 41.0 Å². The Labute approximate surface area is 147 Å². The van der Waals surface area contributed by atoms with Crippen LogP contribution in [0.3, 0.4) is 0 Å². The van der Waals surface area contributed by atoms with Gasteiger partial charge in [0.2, 0.25) is 0 Å². The minimum atomic E-state index is -0.144. The number of hydrogen-bond donors (Lipinski definition) is 2. The fourth-order valence-electron chi connectivity index (χ4n) is 2.16. The van der Waals surface area contributed by atoms with E-state index in [1.165, 1.54) is 0 Å². The maximum atomic E-state index is 12.1. The number of pyridine rings is 1. The average Bonchev–Trinajstić information content (AvgIpc) is 2.62. The minimum Gasteiger partial charge on any atom is -0.491 e. The smallest absolute Gasteiger partial charge is 0.251 e. The quantitative estimate of drug-likeness (QED) is 0.723. The number of hydrogen-bond acceptors (Lipinski definition) is 4. The summed E-state index contributed by atoms with van der Waals surface area (Å²) in [5.74, 6) is 0.455. The van der Waals surface area contributed by atoms with Crippen LogP contribution in [-0.4, -0.2) is 36.0 Å².